The van der Waals surface area contributed by atoms with Crippen LogP contribution in [0, 0.1) is 0 Å². The summed E-state index contributed by atoms with van der Waals surface area (Å²) in [6.45, 7) is 4.38. The Morgan fingerprint density at radius 3 is 1.30 bits per heavy atom. The van der Waals surface area contributed by atoms with Gasteiger partial charge < -0.3 is 66.4 Å². The summed E-state index contributed by atoms with van der Waals surface area (Å²) >= 11 is 0. The molecule has 2 heterocycles. The summed E-state index contributed by atoms with van der Waals surface area (Å²) in [6, 6.07) is 32.1. The number of carbonyl (C=O) groups is 2. The standard InChI is InChI=1S/C25H38N4O6.C18H23N3O2.C7H17NO5/c1-27(17-23(33)28(2)16-21(31)24(34)25(35)22(32)18-30)12-13-29(14-19-8-4-3-5-9-19)15-20-10-6-7-11-26-20;1-20(15-18(22)23)11-12-21(13-16-7-3-2-4-8-16)14-17-9-5-6-10-19-17;1-8-2-4(10)6(12)7(13)5(11)3-9/h3-11,21-22,24-25,30-32,34-35H,12-18H2,1-2H3;2-10H,11-15H2,1H3,(H,22,23);4-13H,2-3H2,1H3/t21-,22+,24+,25+;;4-,5+,6+,7+/m1.0/s1. The highest BCUT2D eigenvalue weighted by atomic mass is 16.4. The first-order chi connectivity index (χ1) is 33.9. The number of nitrogens with zero attached hydrogens (tertiary/aromatic N) is 7. The monoisotopic (exact) mass is 999 g/mol. The number of aliphatic carboxylic acids is 1. The molecule has 0 saturated heterocycles. The summed E-state index contributed by atoms with van der Waals surface area (Å²) in [4.78, 5) is 41.7. The maximum Gasteiger partial charge on any atom is 0.317 e. The fourth-order valence-electron chi connectivity index (χ4n) is 6.86. The molecule has 21 nitrogen and oxygen atoms in total. The molecule has 71 heavy (non-hydrogen) atoms. The number of carboxylic acids is 1. The van der Waals surface area contributed by atoms with Crippen molar-refractivity contribution in [3.8, 4) is 0 Å². The Bertz CT molecular complexity index is 1890. The van der Waals surface area contributed by atoms with Gasteiger partial charge in [-0.15, -0.1) is 0 Å². The van der Waals surface area contributed by atoms with Crippen LogP contribution in [0.4, 0.5) is 0 Å². The highest BCUT2D eigenvalue weighted by Crippen LogP contribution is 2.12. The first kappa shape index (κ1) is 62.2. The summed E-state index contributed by atoms with van der Waals surface area (Å²) in [6.07, 6.45) is -8.58. The first-order valence-corrected chi connectivity index (χ1v) is 23.3. The zero-order valence-corrected chi connectivity index (χ0v) is 41.3. The van der Waals surface area contributed by atoms with Crippen LogP contribution in [0.25, 0.3) is 0 Å². The van der Waals surface area contributed by atoms with E-state index in [-0.39, 0.29) is 32.1 Å². The summed E-state index contributed by atoms with van der Waals surface area (Å²) in [5.41, 5.74) is 4.40. The fraction of sp³-hybridized carbons (Fsp3) is 0.520. The third-order valence-corrected chi connectivity index (χ3v) is 11.1. The number of benzene rings is 2. The van der Waals surface area contributed by atoms with Crippen LogP contribution < -0.4 is 5.32 Å². The molecule has 1 amide bonds. The van der Waals surface area contributed by atoms with E-state index in [4.69, 9.17) is 30.6 Å². The lowest BCUT2D eigenvalue weighted by atomic mass is 10.0. The van der Waals surface area contributed by atoms with Gasteiger partial charge in [0.25, 0.3) is 0 Å². The van der Waals surface area contributed by atoms with Gasteiger partial charge in [-0.05, 0) is 56.5 Å². The SMILES string of the molecule is CN(CCN(Cc1ccccc1)Cc1ccccn1)CC(=O)N(C)C[C@@H](O)[C@H](O)[C@@H](O)[C@@H](O)CO.CN(CCN(Cc1ccccc1)Cc1ccccn1)CC(=O)O.CNC[C@H](O)[C@@H](O)[C@H](O)[C@H](O)CO. The van der Waals surface area contributed by atoms with Gasteiger partial charge in [0.15, 0.2) is 0 Å². The molecule has 8 atom stereocenters. The third kappa shape index (κ3) is 25.9. The average Bonchev–Trinajstić information content (AvgIpc) is 3.37. The number of rotatable bonds is 30. The molecule has 21 heteroatoms. The maximum atomic E-state index is 12.6. The molecule has 0 aliphatic carbocycles. The van der Waals surface area contributed by atoms with Crippen molar-refractivity contribution < 1.29 is 65.8 Å². The van der Waals surface area contributed by atoms with Gasteiger partial charge in [-0.3, -0.25) is 39.2 Å². The van der Waals surface area contributed by atoms with Crippen LogP contribution in [0.5, 0.6) is 0 Å². The Labute approximate surface area is 417 Å². The molecule has 2 aromatic heterocycles. The van der Waals surface area contributed by atoms with Crippen LogP contribution in [0.2, 0.25) is 0 Å². The molecule has 12 N–H and O–H groups in total. The highest BCUT2D eigenvalue weighted by molar-refractivity contribution is 5.78. The van der Waals surface area contributed by atoms with Gasteiger partial charge in [0, 0.05) is 84.9 Å². The molecule has 0 spiro atoms. The lowest BCUT2D eigenvalue weighted by molar-refractivity contribution is -0.139. The summed E-state index contributed by atoms with van der Waals surface area (Å²) in [5.74, 6) is -1.07. The van der Waals surface area contributed by atoms with E-state index in [0.717, 1.165) is 37.6 Å². The molecule has 0 unspecified atom stereocenters. The molecular weight excluding hydrogens is 921 g/mol. The molecule has 0 aliphatic heterocycles. The van der Waals surface area contributed by atoms with Crippen molar-refractivity contribution in [2.75, 3.05) is 93.8 Å². The molecular formula is C50H78N8O13. The number of likely N-dealkylation sites (N-methyl/N-ethyl adjacent to an activating group) is 4. The van der Waals surface area contributed by atoms with E-state index >= 15 is 0 Å². The number of carbonyl (C=O) groups excluding carboxylic acids is 1. The van der Waals surface area contributed by atoms with Crippen LogP contribution in [-0.2, 0) is 35.8 Å². The fourth-order valence-corrected chi connectivity index (χ4v) is 6.86. The minimum atomic E-state index is -1.73. The van der Waals surface area contributed by atoms with E-state index in [0.29, 0.717) is 26.2 Å². The molecule has 0 radical (unpaired) electrons. The number of aliphatic hydroxyl groups excluding tert-OH is 10. The second kappa shape index (κ2) is 35.2. The normalized spacial score (nSPS) is 14.8. The van der Waals surface area contributed by atoms with E-state index in [1.807, 2.05) is 96.7 Å². The number of aliphatic hydroxyl groups is 10. The Balaban J connectivity index is 0.000000410. The van der Waals surface area contributed by atoms with Gasteiger partial charge in [-0.2, -0.15) is 0 Å². The van der Waals surface area contributed by atoms with Crippen LogP contribution >= 0.6 is 0 Å². The molecule has 396 valence electrons. The predicted molar refractivity (Wildman–Crippen MR) is 266 cm³/mol. The van der Waals surface area contributed by atoms with E-state index in [2.05, 4.69) is 49.4 Å². The van der Waals surface area contributed by atoms with Crippen molar-refractivity contribution in [2.24, 2.45) is 0 Å². The zero-order chi connectivity index (χ0) is 52.7. The van der Waals surface area contributed by atoms with Crippen molar-refractivity contribution in [3.05, 3.63) is 132 Å². The molecule has 4 aromatic rings. The van der Waals surface area contributed by atoms with Crippen molar-refractivity contribution in [2.45, 2.75) is 75.0 Å². The molecule has 4 rings (SSSR count). The minimum absolute atomic E-state index is 0.0583. The summed E-state index contributed by atoms with van der Waals surface area (Å²) in [5, 5.41) is 104. The molecule has 0 fully saturated rings. The van der Waals surface area contributed by atoms with Gasteiger partial charge in [-0.1, -0.05) is 72.8 Å². The van der Waals surface area contributed by atoms with E-state index < -0.39 is 68.0 Å². The Kier molecular flexibility index (Phi) is 30.9. The predicted octanol–water partition coefficient (Wildman–Crippen LogP) is -2.35. The number of hydrogen-bond acceptors (Lipinski definition) is 19. The van der Waals surface area contributed by atoms with Gasteiger partial charge in [0.2, 0.25) is 5.91 Å². The van der Waals surface area contributed by atoms with Crippen molar-refractivity contribution in [1.29, 1.82) is 0 Å². The lowest BCUT2D eigenvalue weighted by Gasteiger charge is -2.30. The third-order valence-electron chi connectivity index (χ3n) is 11.1. The quantitative estimate of drug-likeness (QED) is 0.0260. The van der Waals surface area contributed by atoms with E-state index in [1.165, 1.54) is 23.1 Å². The number of amides is 1. The van der Waals surface area contributed by atoms with Crippen molar-refractivity contribution in [3.63, 3.8) is 0 Å². The second-order valence-corrected chi connectivity index (χ2v) is 17.3. The zero-order valence-electron chi connectivity index (χ0n) is 41.3. The summed E-state index contributed by atoms with van der Waals surface area (Å²) < 4.78 is 0. The Morgan fingerprint density at radius 2 is 0.915 bits per heavy atom. The molecule has 2 aromatic carbocycles. The van der Waals surface area contributed by atoms with Crippen LogP contribution in [0.1, 0.15) is 22.5 Å². The van der Waals surface area contributed by atoms with Crippen LogP contribution in [-0.4, -0.2) is 245 Å². The smallest absolute Gasteiger partial charge is 0.317 e. The number of pyridine rings is 2. The number of hydrogen-bond donors (Lipinski definition) is 12. The van der Waals surface area contributed by atoms with Gasteiger partial charge >= 0.3 is 5.97 Å². The van der Waals surface area contributed by atoms with Gasteiger partial charge in [-0.25, -0.2) is 0 Å². The average molecular weight is 999 g/mol. The number of aromatic nitrogens is 2. The maximum absolute atomic E-state index is 12.6. The Morgan fingerprint density at radius 1 is 0.521 bits per heavy atom. The van der Waals surface area contributed by atoms with Crippen molar-refractivity contribution >= 4 is 11.9 Å². The van der Waals surface area contributed by atoms with Crippen LogP contribution in [0.15, 0.2) is 109 Å². The van der Waals surface area contributed by atoms with Crippen molar-refractivity contribution in [1.82, 2.24) is 39.8 Å². The minimum Gasteiger partial charge on any atom is -0.480 e. The first-order valence-electron chi connectivity index (χ1n) is 23.3. The highest BCUT2D eigenvalue weighted by Gasteiger charge is 2.32. The Hall–Kier alpha value is -4.92. The van der Waals surface area contributed by atoms with Crippen LogP contribution in [0.3, 0.4) is 0 Å². The largest absolute Gasteiger partial charge is 0.480 e. The van der Waals surface area contributed by atoms with E-state index in [1.54, 1.807) is 19.4 Å². The van der Waals surface area contributed by atoms with Gasteiger partial charge in [0.05, 0.1) is 43.8 Å². The summed E-state index contributed by atoms with van der Waals surface area (Å²) in [7, 11) is 6.73. The van der Waals surface area contributed by atoms with E-state index in [9.17, 15) is 35.1 Å². The molecule has 0 aliphatic rings. The second-order valence-electron chi connectivity index (χ2n) is 17.3. The molecule has 0 bridgehead atoms. The van der Waals surface area contributed by atoms with Gasteiger partial charge in [0.1, 0.15) is 42.7 Å². The number of carboxylic acid groups (broad SMARTS) is 1. The topological polar surface area (TPSA) is 311 Å². The lowest BCUT2D eigenvalue weighted by Crippen LogP contribution is -2.50. The number of nitrogens with one attached hydrogen (secondary N) is 1. The molecule has 0 saturated carbocycles.